The van der Waals surface area contributed by atoms with Crippen LogP contribution < -0.4 is 0 Å². The van der Waals surface area contributed by atoms with Gasteiger partial charge in [-0.3, -0.25) is 13.6 Å². The van der Waals surface area contributed by atoms with E-state index in [1.54, 1.807) is 24.3 Å². The normalized spacial score (nSPS) is 11.6. The summed E-state index contributed by atoms with van der Waals surface area (Å²) >= 11 is 1.01. The Bertz CT molecular complexity index is 1400. The molecule has 0 fully saturated rings. The standard InChI is InChI=1S/C27H29F2O13PS/c1-34-10-12-36-25(31)39-17-41-43(33,42-18-40-26(32)37-13-11-35-2)27(28,29)21-8-9-22-20(14-21)15-23(44-22)24(30)38-16-19-6-4-3-5-7-19/h3-9,14-15H,10-13,16-18H2,1-2H3. The van der Waals surface area contributed by atoms with Crippen LogP contribution >= 0.6 is 18.9 Å². The van der Waals surface area contributed by atoms with Crippen molar-refractivity contribution in [2.24, 2.45) is 0 Å². The van der Waals surface area contributed by atoms with Crippen LogP contribution in [0.5, 0.6) is 0 Å². The fourth-order valence-electron chi connectivity index (χ4n) is 3.27. The zero-order valence-corrected chi connectivity index (χ0v) is 25.3. The van der Waals surface area contributed by atoms with Crippen LogP contribution in [0.15, 0.2) is 54.6 Å². The summed E-state index contributed by atoms with van der Waals surface area (Å²) in [6, 6.07) is 13.5. The van der Waals surface area contributed by atoms with Crippen molar-refractivity contribution in [3.8, 4) is 0 Å². The van der Waals surface area contributed by atoms with Crippen LogP contribution in [0, 0.1) is 0 Å². The third-order valence-electron chi connectivity index (χ3n) is 5.44. The SMILES string of the molecule is COCCOC(=O)OCOP(=O)(OCOC(=O)OCCOC)C(F)(F)c1ccc2sc(C(=O)OCc3ccccc3)cc2c1. The first kappa shape index (κ1) is 34.8. The highest BCUT2D eigenvalue weighted by molar-refractivity contribution is 7.54. The second-order valence-electron chi connectivity index (χ2n) is 8.43. The molecule has 2 aromatic carbocycles. The maximum Gasteiger partial charge on any atom is 0.510 e. The smallest absolute Gasteiger partial charge is 0.457 e. The summed E-state index contributed by atoms with van der Waals surface area (Å²) in [6.07, 6.45) is -2.64. The first-order chi connectivity index (χ1) is 21.1. The maximum atomic E-state index is 15.8. The van der Waals surface area contributed by atoms with Gasteiger partial charge in [0.25, 0.3) is 0 Å². The molecule has 1 aromatic heterocycles. The molecule has 0 aliphatic carbocycles. The van der Waals surface area contributed by atoms with Crippen LogP contribution in [0.1, 0.15) is 20.8 Å². The van der Waals surface area contributed by atoms with E-state index >= 15 is 8.78 Å². The number of carbonyl (C=O) groups excluding carboxylic acids is 3. The largest absolute Gasteiger partial charge is 0.510 e. The van der Waals surface area contributed by atoms with E-state index in [2.05, 4.69) is 18.9 Å². The van der Waals surface area contributed by atoms with E-state index in [9.17, 15) is 18.9 Å². The van der Waals surface area contributed by atoms with E-state index in [1.165, 1.54) is 26.4 Å². The molecule has 240 valence electrons. The van der Waals surface area contributed by atoms with Crippen molar-refractivity contribution in [1.29, 1.82) is 0 Å². The van der Waals surface area contributed by atoms with E-state index in [0.717, 1.165) is 29.0 Å². The minimum atomic E-state index is -5.59. The van der Waals surface area contributed by atoms with E-state index in [1.807, 2.05) is 6.07 Å². The number of hydrogen-bond acceptors (Lipinski definition) is 14. The predicted molar refractivity (Wildman–Crippen MR) is 149 cm³/mol. The molecule has 0 unspecified atom stereocenters. The average molecular weight is 663 g/mol. The topological polar surface area (TPSA) is 151 Å². The van der Waals surface area contributed by atoms with Crippen LogP contribution in [-0.4, -0.2) is 72.5 Å². The van der Waals surface area contributed by atoms with E-state index < -0.39 is 50.7 Å². The molecule has 3 aromatic rings. The number of esters is 1. The van der Waals surface area contributed by atoms with Crippen LogP contribution in [0.2, 0.25) is 0 Å². The molecule has 13 nitrogen and oxygen atoms in total. The zero-order chi connectivity index (χ0) is 32.0. The molecule has 44 heavy (non-hydrogen) atoms. The minimum absolute atomic E-state index is 0.0130. The third kappa shape index (κ3) is 9.94. The highest BCUT2D eigenvalue weighted by Gasteiger charge is 2.56. The van der Waals surface area contributed by atoms with E-state index in [-0.39, 0.29) is 43.3 Å². The van der Waals surface area contributed by atoms with Crippen molar-refractivity contribution in [3.05, 3.63) is 70.6 Å². The second-order valence-corrected chi connectivity index (χ2v) is 11.6. The van der Waals surface area contributed by atoms with Gasteiger partial charge in [-0.2, -0.15) is 8.78 Å². The number of halogens is 2. The molecule has 0 atom stereocenters. The lowest BCUT2D eigenvalue weighted by molar-refractivity contribution is -0.0500. The molecule has 0 radical (unpaired) electrons. The molecule has 0 N–H and O–H groups in total. The molecule has 0 aliphatic heterocycles. The van der Waals surface area contributed by atoms with Gasteiger partial charge in [0.1, 0.15) is 24.7 Å². The lowest BCUT2D eigenvalue weighted by Gasteiger charge is -2.26. The molecule has 0 amide bonds. The highest BCUT2D eigenvalue weighted by atomic mass is 32.1. The molecule has 0 aliphatic rings. The number of hydrogen-bond donors (Lipinski definition) is 0. The molecular weight excluding hydrogens is 633 g/mol. The Morgan fingerprint density at radius 3 is 1.93 bits per heavy atom. The van der Waals surface area contributed by atoms with Gasteiger partial charge >= 0.3 is 31.5 Å². The lowest BCUT2D eigenvalue weighted by atomic mass is 10.1. The summed E-state index contributed by atoms with van der Waals surface area (Å²) in [5.41, 5.74) is -4.44. The number of benzene rings is 2. The quantitative estimate of drug-likeness (QED) is 0.0543. The summed E-state index contributed by atoms with van der Waals surface area (Å²) in [7, 11) is -2.88. The summed E-state index contributed by atoms with van der Waals surface area (Å²) in [6.45, 7) is -2.87. The lowest BCUT2D eigenvalue weighted by Crippen LogP contribution is -2.22. The molecule has 1 heterocycles. The van der Waals surface area contributed by atoms with Crippen molar-refractivity contribution >= 4 is 47.3 Å². The summed E-state index contributed by atoms with van der Waals surface area (Å²) in [5.74, 6) is -0.662. The van der Waals surface area contributed by atoms with Crippen molar-refractivity contribution < 1.29 is 69.9 Å². The Kier molecular flexibility index (Phi) is 13.4. The number of rotatable bonds is 17. The molecule has 0 spiro atoms. The highest BCUT2D eigenvalue weighted by Crippen LogP contribution is 2.67. The van der Waals surface area contributed by atoms with Gasteiger partial charge in [0.2, 0.25) is 13.6 Å². The molecular formula is C27H29F2O13PS. The van der Waals surface area contributed by atoms with Crippen molar-refractivity contribution in [2.75, 3.05) is 54.2 Å². The number of methoxy groups -OCH3 is 2. The van der Waals surface area contributed by atoms with Gasteiger partial charge in [0, 0.05) is 24.5 Å². The van der Waals surface area contributed by atoms with Gasteiger partial charge < -0.3 is 33.2 Å². The van der Waals surface area contributed by atoms with Crippen molar-refractivity contribution in [3.63, 3.8) is 0 Å². The number of alkyl halides is 2. The molecule has 0 saturated carbocycles. The van der Waals surface area contributed by atoms with Gasteiger partial charge in [-0.25, -0.2) is 14.4 Å². The van der Waals surface area contributed by atoms with E-state index in [4.69, 9.17) is 23.3 Å². The number of carbonyl (C=O) groups is 3. The molecule has 3 rings (SSSR count). The number of ether oxygens (including phenoxy) is 7. The van der Waals surface area contributed by atoms with Gasteiger partial charge in [-0.15, -0.1) is 11.3 Å². The fraction of sp³-hybridized carbons (Fsp3) is 0.370. The number of thiophene rings is 1. The summed E-state index contributed by atoms with van der Waals surface area (Å²) in [5, 5.41) is 0.210. The Hall–Kier alpha value is -3.66. The Morgan fingerprint density at radius 1 is 0.773 bits per heavy atom. The van der Waals surface area contributed by atoms with Crippen LogP contribution in [0.4, 0.5) is 18.4 Å². The predicted octanol–water partition coefficient (Wildman–Crippen LogP) is 6.05. The monoisotopic (exact) mass is 662 g/mol. The van der Waals surface area contributed by atoms with Crippen LogP contribution in [-0.2, 0) is 59.0 Å². The fourth-order valence-corrected chi connectivity index (χ4v) is 5.44. The minimum Gasteiger partial charge on any atom is -0.457 e. The average Bonchev–Trinajstić information content (AvgIpc) is 3.44. The van der Waals surface area contributed by atoms with Gasteiger partial charge in [0.05, 0.1) is 13.2 Å². The maximum absolute atomic E-state index is 15.8. The van der Waals surface area contributed by atoms with Crippen LogP contribution in [0.3, 0.4) is 0 Å². The Balaban J connectivity index is 1.75. The summed E-state index contributed by atoms with van der Waals surface area (Å²) in [4.78, 5) is 36.0. The summed E-state index contributed by atoms with van der Waals surface area (Å²) < 4.78 is 87.9. The molecule has 0 saturated heterocycles. The Morgan fingerprint density at radius 2 is 1.36 bits per heavy atom. The van der Waals surface area contributed by atoms with Gasteiger partial charge in [0.15, 0.2) is 0 Å². The molecule has 0 bridgehead atoms. The zero-order valence-electron chi connectivity index (χ0n) is 23.6. The van der Waals surface area contributed by atoms with Gasteiger partial charge in [-0.1, -0.05) is 36.4 Å². The van der Waals surface area contributed by atoms with Gasteiger partial charge in [-0.05, 0) is 29.1 Å². The third-order valence-corrected chi connectivity index (χ3v) is 8.37. The second kappa shape index (κ2) is 17.0. The van der Waals surface area contributed by atoms with Crippen molar-refractivity contribution in [2.45, 2.75) is 12.3 Å². The molecule has 17 heteroatoms. The van der Waals surface area contributed by atoms with Crippen LogP contribution in [0.25, 0.3) is 10.1 Å². The van der Waals surface area contributed by atoms with E-state index in [0.29, 0.717) is 4.70 Å². The van der Waals surface area contributed by atoms with Crippen molar-refractivity contribution in [1.82, 2.24) is 0 Å². The first-order valence-corrected chi connectivity index (χ1v) is 15.0. The Labute approximate surface area is 254 Å². The first-order valence-electron chi connectivity index (χ1n) is 12.7. The number of fused-ring (bicyclic) bond motifs is 1.